The fraction of sp³-hybridized carbons (Fsp3) is 0.889. The standard InChI is InChI=1S/C9H17NO2/c1-7(2)12-9(11)8-4-3-5-10-6-8/h7-8,10H,3-6H2,1-2H3/t8-/m1/s1. The van der Waals surface area contributed by atoms with Crippen molar-refractivity contribution in [2.24, 2.45) is 5.92 Å². The van der Waals surface area contributed by atoms with Gasteiger partial charge in [0.25, 0.3) is 0 Å². The number of nitrogens with one attached hydrogen (secondary N) is 1. The number of carbonyl (C=O) groups is 1. The van der Waals surface area contributed by atoms with E-state index in [-0.39, 0.29) is 18.0 Å². The number of hydrogen-bond donors (Lipinski definition) is 1. The molecule has 1 aliphatic rings. The van der Waals surface area contributed by atoms with Gasteiger partial charge in [0.1, 0.15) is 0 Å². The minimum absolute atomic E-state index is 0.0134. The first-order chi connectivity index (χ1) is 5.70. The molecular formula is C9H17NO2. The molecule has 1 N–H and O–H groups in total. The quantitative estimate of drug-likeness (QED) is 0.628. The maximum atomic E-state index is 11.3. The first-order valence-electron chi connectivity index (χ1n) is 4.61. The summed E-state index contributed by atoms with van der Waals surface area (Å²) in [5.41, 5.74) is 0. The van der Waals surface area contributed by atoms with Gasteiger partial charge in [0, 0.05) is 6.54 Å². The van der Waals surface area contributed by atoms with Crippen LogP contribution in [0, 0.1) is 5.92 Å². The molecule has 0 aromatic rings. The third kappa shape index (κ3) is 2.81. The molecule has 1 rings (SSSR count). The number of rotatable bonds is 2. The summed E-state index contributed by atoms with van der Waals surface area (Å²) < 4.78 is 5.11. The topological polar surface area (TPSA) is 38.3 Å². The molecule has 0 unspecified atom stereocenters. The van der Waals surface area contributed by atoms with Crippen LogP contribution in [0.4, 0.5) is 0 Å². The van der Waals surface area contributed by atoms with E-state index in [1.165, 1.54) is 0 Å². The van der Waals surface area contributed by atoms with Crippen LogP contribution in [0.1, 0.15) is 26.7 Å². The average Bonchev–Trinajstić information content (AvgIpc) is 2.05. The van der Waals surface area contributed by atoms with Crippen molar-refractivity contribution in [2.75, 3.05) is 13.1 Å². The highest BCUT2D eigenvalue weighted by molar-refractivity contribution is 5.72. The molecular weight excluding hydrogens is 154 g/mol. The molecule has 0 saturated carbocycles. The number of piperidine rings is 1. The molecule has 12 heavy (non-hydrogen) atoms. The van der Waals surface area contributed by atoms with Crippen molar-refractivity contribution in [3.8, 4) is 0 Å². The molecule has 1 aliphatic heterocycles. The van der Waals surface area contributed by atoms with E-state index >= 15 is 0 Å². The second kappa shape index (κ2) is 4.45. The SMILES string of the molecule is CC(C)OC(=O)[C@@H]1CCCNC1. The molecule has 1 atom stereocenters. The van der Waals surface area contributed by atoms with Crippen molar-refractivity contribution in [1.29, 1.82) is 0 Å². The van der Waals surface area contributed by atoms with Crippen molar-refractivity contribution < 1.29 is 9.53 Å². The highest BCUT2D eigenvalue weighted by Gasteiger charge is 2.22. The summed E-state index contributed by atoms with van der Waals surface area (Å²) in [5.74, 6) is 0.0401. The van der Waals surface area contributed by atoms with Gasteiger partial charge in [0.2, 0.25) is 0 Å². The molecule has 3 heteroatoms. The van der Waals surface area contributed by atoms with Crippen LogP contribution in [0.25, 0.3) is 0 Å². The zero-order valence-corrected chi connectivity index (χ0v) is 7.80. The van der Waals surface area contributed by atoms with Gasteiger partial charge in [-0.25, -0.2) is 0 Å². The minimum atomic E-state index is -0.0443. The van der Waals surface area contributed by atoms with E-state index in [1.54, 1.807) is 0 Å². The Morgan fingerprint density at radius 1 is 1.58 bits per heavy atom. The van der Waals surface area contributed by atoms with Gasteiger partial charge in [-0.3, -0.25) is 4.79 Å². The lowest BCUT2D eigenvalue weighted by atomic mass is 10.0. The Bertz CT molecular complexity index is 151. The third-order valence-electron chi connectivity index (χ3n) is 1.98. The average molecular weight is 171 g/mol. The van der Waals surface area contributed by atoms with Crippen molar-refractivity contribution in [3.05, 3.63) is 0 Å². The first kappa shape index (κ1) is 9.52. The Labute approximate surface area is 73.5 Å². The van der Waals surface area contributed by atoms with Crippen LogP contribution in [0.3, 0.4) is 0 Å². The molecule has 0 amide bonds. The lowest BCUT2D eigenvalue weighted by molar-refractivity contribution is -0.152. The van der Waals surface area contributed by atoms with Crippen molar-refractivity contribution >= 4 is 5.97 Å². The molecule has 3 nitrogen and oxygen atoms in total. The van der Waals surface area contributed by atoms with E-state index in [9.17, 15) is 4.79 Å². The molecule has 1 fully saturated rings. The Morgan fingerprint density at radius 3 is 2.83 bits per heavy atom. The molecule has 1 saturated heterocycles. The zero-order valence-electron chi connectivity index (χ0n) is 7.80. The maximum absolute atomic E-state index is 11.3. The molecule has 1 heterocycles. The van der Waals surface area contributed by atoms with E-state index in [2.05, 4.69) is 5.32 Å². The summed E-state index contributed by atoms with van der Waals surface area (Å²) in [4.78, 5) is 11.3. The van der Waals surface area contributed by atoms with Gasteiger partial charge in [-0.1, -0.05) is 0 Å². The lowest BCUT2D eigenvalue weighted by Crippen LogP contribution is -2.36. The van der Waals surface area contributed by atoms with E-state index in [4.69, 9.17) is 4.74 Å². The fourth-order valence-corrected chi connectivity index (χ4v) is 1.38. The molecule has 0 spiro atoms. The molecule has 0 aliphatic carbocycles. The van der Waals surface area contributed by atoms with Crippen LogP contribution in [-0.2, 0) is 9.53 Å². The normalized spacial score (nSPS) is 24.1. The molecule has 0 aromatic carbocycles. The van der Waals surface area contributed by atoms with Crippen LogP contribution in [0.2, 0.25) is 0 Å². The first-order valence-corrected chi connectivity index (χ1v) is 4.61. The minimum Gasteiger partial charge on any atom is -0.463 e. The monoisotopic (exact) mass is 171 g/mol. The summed E-state index contributed by atoms with van der Waals surface area (Å²) in [6, 6.07) is 0. The van der Waals surface area contributed by atoms with Crippen LogP contribution < -0.4 is 5.32 Å². The molecule has 0 aromatic heterocycles. The number of hydrogen-bond acceptors (Lipinski definition) is 3. The Hall–Kier alpha value is -0.570. The Morgan fingerprint density at radius 2 is 2.33 bits per heavy atom. The Balaban J connectivity index is 2.30. The highest BCUT2D eigenvalue weighted by Crippen LogP contribution is 2.12. The van der Waals surface area contributed by atoms with E-state index in [0.717, 1.165) is 25.9 Å². The van der Waals surface area contributed by atoms with Gasteiger partial charge < -0.3 is 10.1 Å². The van der Waals surface area contributed by atoms with Crippen molar-refractivity contribution in [3.63, 3.8) is 0 Å². The van der Waals surface area contributed by atoms with Crippen LogP contribution in [0.5, 0.6) is 0 Å². The Kier molecular flexibility index (Phi) is 3.53. The molecule has 70 valence electrons. The van der Waals surface area contributed by atoms with Crippen LogP contribution in [-0.4, -0.2) is 25.2 Å². The van der Waals surface area contributed by atoms with Crippen LogP contribution in [0.15, 0.2) is 0 Å². The summed E-state index contributed by atoms with van der Waals surface area (Å²) in [7, 11) is 0. The highest BCUT2D eigenvalue weighted by atomic mass is 16.5. The van der Waals surface area contributed by atoms with Gasteiger partial charge >= 0.3 is 5.97 Å². The van der Waals surface area contributed by atoms with Gasteiger partial charge in [-0.2, -0.15) is 0 Å². The van der Waals surface area contributed by atoms with Gasteiger partial charge in [-0.05, 0) is 33.2 Å². The van der Waals surface area contributed by atoms with Gasteiger partial charge in [0.15, 0.2) is 0 Å². The summed E-state index contributed by atoms with van der Waals surface area (Å²) in [5, 5.41) is 3.19. The van der Waals surface area contributed by atoms with Crippen molar-refractivity contribution in [1.82, 2.24) is 5.32 Å². The van der Waals surface area contributed by atoms with Crippen molar-refractivity contribution in [2.45, 2.75) is 32.8 Å². The third-order valence-corrected chi connectivity index (χ3v) is 1.98. The predicted molar refractivity (Wildman–Crippen MR) is 46.8 cm³/mol. The van der Waals surface area contributed by atoms with Gasteiger partial charge in [-0.15, -0.1) is 0 Å². The number of ether oxygens (including phenoxy) is 1. The summed E-state index contributed by atoms with van der Waals surface area (Å²) >= 11 is 0. The summed E-state index contributed by atoms with van der Waals surface area (Å²) in [6.45, 7) is 5.58. The van der Waals surface area contributed by atoms with E-state index in [0.29, 0.717) is 0 Å². The second-order valence-electron chi connectivity index (χ2n) is 3.53. The maximum Gasteiger partial charge on any atom is 0.310 e. The largest absolute Gasteiger partial charge is 0.463 e. The zero-order chi connectivity index (χ0) is 8.97. The summed E-state index contributed by atoms with van der Waals surface area (Å²) in [6.07, 6.45) is 2.07. The second-order valence-corrected chi connectivity index (χ2v) is 3.53. The van der Waals surface area contributed by atoms with Gasteiger partial charge in [0.05, 0.1) is 12.0 Å². The molecule has 0 radical (unpaired) electrons. The predicted octanol–water partition coefficient (Wildman–Crippen LogP) is 0.938. The van der Waals surface area contributed by atoms with E-state index < -0.39 is 0 Å². The number of carbonyl (C=O) groups excluding carboxylic acids is 1. The number of esters is 1. The molecule has 0 bridgehead atoms. The van der Waals surface area contributed by atoms with E-state index in [1.807, 2.05) is 13.8 Å². The van der Waals surface area contributed by atoms with Crippen LogP contribution >= 0.6 is 0 Å². The lowest BCUT2D eigenvalue weighted by Gasteiger charge is -2.22. The smallest absolute Gasteiger partial charge is 0.310 e. The fourth-order valence-electron chi connectivity index (χ4n) is 1.38.